The maximum absolute atomic E-state index is 12.1. The summed E-state index contributed by atoms with van der Waals surface area (Å²) in [6.45, 7) is 12.1. The van der Waals surface area contributed by atoms with Gasteiger partial charge in [-0.2, -0.15) is 0 Å². The first kappa shape index (κ1) is 17.2. The Morgan fingerprint density at radius 3 is 2.25 bits per heavy atom. The lowest BCUT2D eigenvalue weighted by molar-refractivity contribution is -0.123. The van der Waals surface area contributed by atoms with Crippen molar-refractivity contribution in [1.82, 2.24) is 4.98 Å². The second-order valence-corrected chi connectivity index (χ2v) is 7.93. The fraction of sp³-hybridized carbons (Fsp3) is 0.625. The van der Waals surface area contributed by atoms with Crippen LogP contribution in [0, 0.1) is 5.41 Å². The number of amides is 1. The molecule has 0 radical (unpaired) electrons. The van der Waals surface area contributed by atoms with Crippen LogP contribution in [-0.4, -0.2) is 16.2 Å². The summed E-state index contributed by atoms with van der Waals surface area (Å²) in [5.41, 5.74) is 1.73. The van der Waals surface area contributed by atoms with Crippen LogP contribution < -0.4 is 5.32 Å². The molecule has 0 aromatic carbocycles. The Labute approximate surface area is 130 Å². The van der Waals surface area contributed by atoms with E-state index in [2.05, 4.69) is 53.1 Å². The van der Waals surface area contributed by atoms with Gasteiger partial charge in [-0.15, -0.1) is 0 Å². The molecule has 1 N–H and O–H groups in total. The second-order valence-electron chi connectivity index (χ2n) is 7.14. The number of hydrogen-bond acceptors (Lipinski definition) is 2. The van der Waals surface area contributed by atoms with Crippen molar-refractivity contribution in [2.75, 3.05) is 10.6 Å². The van der Waals surface area contributed by atoms with Gasteiger partial charge in [0, 0.05) is 21.9 Å². The summed E-state index contributed by atoms with van der Waals surface area (Å²) in [5, 5.41) is 3.82. The number of alkyl halides is 1. The van der Waals surface area contributed by atoms with Crippen LogP contribution in [0.25, 0.3) is 0 Å². The normalized spacial score (nSPS) is 12.3. The molecule has 0 atom stereocenters. The van der Waals surface area contributed by atoms with E-state index in [1.54, 1.807) is 0 Å². The van der Waals surface area contributed by atoms with Crippen LogP contribution in [0.2, 0.25) is 0 Å². The van der Waals surface area contributed by atoms with Gasteiger partial charge >= 0.3 is 0 Å². The van der Waals surface area contributed by atoms with Crippen molar-refractivity contribution in [2.45, 2.75) is 53.4 Å². The molecule has 1 aromatic rings. The van der Waals surface area contributed by atoms with Gasteiger partial charge in [-0.25, -0.2) is 4.98 Å². The van der Waals surface area contributed by atoms with Crippen LogP contribution in [0.4, 0.5) is 5.82 Å². The largest absolute Gasteiger partial charge is 0.310 e. The van der Waals surface area contributed by atoms with Crippen molar-refractivity contribution in [3.63, 3.8) is 0 Å². The van der Waals surface area contributed by atoms with Gasteiger partial charge in [-0.05, 0) is 24.1 Å². The fourth-order valence-corrected chi connectivity index (χ4v) is 2.05. The molecule has 0 saturated heterocycles. The number of hydrogen-bond donors (Lipinski definition) is 1. The van der Waals surface area contributed by atoms with E-state index >= 15 is 0 Å². The standard InChI is InChI=1S/C16H25BrN2O/c1-15(2,3)12-9-11(7-8-17)10-13(18-12)19-14(20)16(4,5)6/h9-10H,7-8H2,1-6H3,(H,18,19,20). The number of halogens is 1. The molecule has 0 aliphatic heterocycles. The van der Waals surface area contributed by atoms with Crippen LogP contribution in [0.5, 0.6) is 0 Å². The van der Waals surface area contributed by atoms with Gasteiger partial charge in [0.25, 0.3) is 0 Å². The summed E-state index contributed by atoms with van der Waals surface area (Å²) < 4.78 is 0. The van der Waals surface area contributed by atoms with Gasteiger partial charge in [-0.1, -0.05) is 57.5 Å². The minimum absolute atomic E-state index is 0.0131. The van der Waals surface area contributed by atoms with Gasteiger partial charge < -0.3 is 5.32 Å². The number of aryl methyl sites for hydroxylation is 1. The number of aromatic nitrogens is 1. The lowest BCUT2D eigenvalue weighted by Gasteiger charge is -2.22. The van der Waals surface area contributed by atoms with Crippen molar-refractivity contribution in [1.29, 1.82) is 0 Å². The summed E-state index contributed by atoms with van der Waals surface area (Å²) in [7, 11) is 0. The van der Waals surface area contributed by atoms with Crippen LogP contribution in [0.15, 0.2) is 12.1 Å². The molecule has 1 amide bonds. The molecule has 0 fully saturated rings. The Bertz CT molecular complexity index is 484. The average Bonchev–Trinajstić information content (AvgIpc) is 2.26. The zero-order valence-corrected chi connectivity index (χ0v) is 14.9. The molecule has 0 aliphatic rings. The summed E-state index contributed by atoms with van der Waals surface area (Å²) in [4.78, 5) is 16.7. The van der Waals surface area contributed by atoms with Gasteiger partial charge in [0.05, 0.1) is 0 Å². The van der Waals surface area contributed by atoms with E-state index in [4.69, 9.17) is 0 Å². The maximum atomic E-state index is 12.1. The maximum Gasteiger partial charge on any atom is 0.230 e. The van der Waals surface area contributed by atoms with Gasteiger partial charge in [-0.3, -0.25) is 4.79 Å². The summed E-state index contributed by atoms with van der Waals surface area (Å²) in [6.07, 6.45) is 0.921. The third-order valence-electron chi connectivity index (χ3n) is 2.96. The van der Waals surface area contributed by atoms with Crippen LogP contribution in [0.1, 0.15) is 52.8 Å². The summed E-state index contributed by atoms with van der Waals surface area (Å²) in [5.74, 6) is 0.633. The van der Waals surface area contributed by atoms with Crippen LogP contribution >= 0.6 is 15.9 Å². The van der Waals surface area contributed by atoms with Crippen LogP contribution in [-0.2, 0) is 16.6 Å². The molecule has 1 rings (SSSR count). The lowest BCUT2D eigenvalue weighted by Crippen LogP contribution is -2.28. The smallest absolute Gasteiger partial charge is 0.230 e. The predicted octanol–water partition coefficient (Wildman–Crippen LogP) is 4.30. The highest BCUT2D eigenvalue weighted by molar-refractivity contribution is 9.09. The molecule has 112 valence electrons. The first-order valence-corrected chi connectivity index (χ1v) is 8.05. The summed E-state index contributed by atoms with van der Waals surface area (Å²) in [6, 6.07) is 4.08. The predicted molar refractivity (Wildman–Crippen MR) is 88.5 cm³/mol. The molecular weight excluding hydrogens is 316 g/mol. The summed E-state index contributed by atoms with van der Waals surface area (Å²) >= 11 is 3.46. The second kappa shape index (κ2) is 6.25. The van der Waals surface area contributed by atoms with Gasteiger partial charge in [0.15, 0.2) is 0 Å². The Morgan fingerprint density at radius 2 is 1.80 bits per heavy atom. The SMILES string of the molecule is CC(C)(C)C(=O)Nc1cc(CCBr)cc(C(C)(C)C)n1. The zero-order valence-electron chi connectivity index (χ0n) is 13.3. The van der Waals surface area contributed by atoms with E-state index in [-0.39, 0.29) is 11.3 Å². The monoisotopic (exact) mass is 340 g/mol. The third kappa shape index (κ3) is 4.89. The van der Waals surface area contributed by atoms with E-state index in [1.165, 1.54) is 5.56 Å². The first-order chi connectivity index (χ1) is 9.04. The van der Waals surface area contributed by atoms with Crippen molar-refractivity contribution in [2.24, 2.45) is 5.41 Å². The Morgan fingerprint density at radius 1 is 1.20 bits per heavy atom. The molecule has 0 bridgehead atoms. The molecule has 20 heavy (non-hydrogen) atoms. The van der Waals surface area contributed by atoms with Crippen molar-refractivity contribution >= 4 is 27.7 Å². The lowest BCUT2D eigenvalue weighted by atomic mass is 9.90. The molecule has 4 heteroatoms. The van der Waals surface area contributed by atoms with Crippen molar-refractivity contribution in [3.8, 4) is 0 Å². The van der Waals surface area contributed by atoms with E-state index < -0.39 is 5.41 Å². The van der Waals surface area contributed by atoms with Crippen molar-refractivity contribution < 1.29 is 4.79 Å². The minimum Gasteiger partial charge on any atom is -0.310 e. The molecule has 1 heterocycles. The highest BCUT2D eigenvalue weighted by Crippen LogP contribution is 2.25. The van der Waals surface area contributed by atoms with Gasteiger partial charge in [0.1, 0.15) is 5.82 Å². The Kier molecular flexibility index (Phi) is 5.36. The molecule has 3 nitrogen and oxygen atoms in total. The highest BCUT2D eigenvalue weighted by Gasteiger charge is 2.23. The molecule has 0 spiro atoms. The molecule has 0 saturated carbocycles. The number of nitrogens with one attached hydrogen (secondary N) is 1. The van der Waals surface area contributed by atoms with Crippen molar-refractivity contribution in [3.05, 3.63) is 23.4 Å². The molecule has 0 aliphatic carbocycles. The van der Waals surface area contributed by atoms with Gasteiger partial charge in [0.2, 0.25) is 5.91 Å². The molecule has 1 aromatic heterocycles. The molecular formula is C16H25BrN2O. The fourth-order valence-electron chi connectivity index (χ4n) is 1.59. The molecule has 0 unspecified atom stereocenters. The van der Waals surface area contributed by atoms with E-state index in [0.717, 1.165) is 17.4 Å². The quantitative estimate of drug-likeness (QED) is 0.833. The number of rotatable bonds is 3. The third-order valence-corrected chi connectivity index (χ3v) is 3.36. The van der Waals surface area contributed by atoms with E-state index in [1.807, 2.05) is 26.8 Å². The van der Waals surface area contributed by atoms with E-state index in [0.29, 0.717) is 5.82 Å². The number of anilines is 1. The number of pyridine rings is 1. The highest BCUT2D eigenvalue weighted by atomic mass is 79.9. The average molecular weight is 341 g/mol. The first-order valence-electron chi connectivity index (χ1n) is 6.93. The van der Waals surface area contributed by atoms with Crippen LogP contribution in [0.3, 0.4) is 0 Å². The Hall–Kier alpha value is -0.900. The minimum atomic E-state index is -0.422. The number of carbonyl (C=O) groups excluding carboxylic acids is 1. The van der Waals surface area contributed by atoms with E-state index in [9.17, 15) is 4.79 Å². The number of carbonyl (C=O) groups is 1. The number of nitrogens with zero attached hydrogens (tertiary/aromatic N) is 1. The topological polar surface area (TPSA) is 42.0 Å². The Balaban J connectivity index is 3.13. The zero-order chi connectivity index (χ0) is 15.6.